The number of hydrogen-bond acceptors (Lipinski definition) is 5. The van der Waals surface area contributed by atoms with Crippen LogP contribution in [0, 0.1) is 0 Å². The molecule has 1 aliphatic carbocycles. The number of anilines is 1. The van der Waals surface area contributed by atoms with Crippen LogP contribution >= 0.6 is 0 Å². The second-order valence-corrected chi connectivity index (χ2v) is 7.66. The van der Waals surface area contributed by atoms with Crippen molar-refractivity contribution in [2.75, 3.05) is 5.32 Å². The Balaban J connectivity index is 1.59. The van der Waals surface area contributed by atoms with E-state index in [9.17, 15) is 18.3 Å². The van der Waals surface area contributed by atoms with Crippen molar-refractivity contribution in [3.05, 3.63) is 42.6 Å². The largest absolute Gasteiger partial charge is 0.573 e. The van der Waals surface area contributed by atoms with Crippen LogP contribution in [0.5, 0.6) is 5.75 Å². The molecule has 0 radical (unpaired) electrons. The summed E-state index contributed by atoms with van der Waals surface area (Å²) >= 11 is 0. The minimum Gasteiger partial charge on any atom is -0.406 e. The standard InChI is InChI=1S/C20H21F3N4O2/c1-19(28)9-7-14(8-10-19)24-15-5-6-17-25-26-18(27(17)12-15)13-3-2-4-16(11-13)29-20(21,22)23/h2-6,11-12,14,24,28H,7-10H2,1H3. The molecule has 9 heteroatoms. The van der Waals surface area contributed by atoms with Gasteiger partial charge in [0.2, 0.25) is 0 Å². The minimum absolute atomic E-state index is 0.246. The van der Waals surface area contributed by atoms with Crippen LogP contribution in [-0.2, 0) is 0 Å². The second kappa shape index (κ2) is 7.22. The molecule has 0 saturated heterocycles. The van der Waals surface area contributed by atoms with Crippen LogP contribution in [0.4, 0.5) is 18.9 Å². The number of rotatable bonds is 4. The lowest BCUT2D eigenvalue weighted by molar-refractivity contribution is -0.274. The van der Waals surface area contributed by atoms with Crippen LogP contribution in [-0.4, -0.2) is 37.7 Å². The van der Waals surface area contributed by atoms with Gasteiger partial charge in [-0.15, -0.1) is 23.4 Å². The molecule has 29 heavy (non-hydrogen) atoms. The van der Waals surface area contributed by atoms with E-state index in [1.54, 1.807) is 16.5 Å². The molecule has 1 fully saturated rings. The molecule has 4 rings (SSSR count). The summed E-state index contributed by atoms with van der Waals surface area (Å²) in [4.78, 5) is 0. The van der Waals surface area contributed by atoms with Gasteiger partial charge in [0.05, 0.1) is 11.3 Å². The maximum Gasteiger partial charge on any atom is 0.573 e. The first-order valence-corrected chi connectivity index (χ1v) is 9.38. The average molecular weight is 406 g/mol. The Morgan fingerprint density at radius 2 is 1.93 bits per heavy atom. The molecule has 6 nitrogen and oxygen atoms in total. The number of nitrogens with one attached hydrogen (secondary N) is 1. The Morgan fingerprint density at radius 3 is 2.66 bits per heavy atom. The van der Waals surface area contributed by atoms with Crippen molar-refractivity contribution in [1.29, 1.82) is 0 Å². The zero-order chi connectivity index (χ0) is 20.6. The molecule has 3 aromatic rings. The molecule has 1 aromatic carbocycles. The van der Waals surface area contributed by atoms with Crippen LogP contribution in [0.15, 0.2) is 42.6 Å². The zero-order valence-electron chi connectivity index (χ0n) is 15.8. The van der Waals surface area contributed by atoms with E-state index in [-0.39, 0.29) is 11.8 Å². The van der Waals surface area contributed by atoms with E-state index in [0.29, 0.717) is 17.0 Å². The smallest absolute Gasteiger partial charge is 0.406 e. The Morgan fingerprint density at radius 1 is 1.17 bits per heavy atom. The number of pyridine rings is 1. The number of benzene rings is 1. The quantitative estimate of drug-likeness (QED) is 0.672. The third-order valence-corrected chi connectivity index (χ3v) is 5.16. The van der Waals surface area contributed by atoms with Gasteiger partial charge >= 0.3 is 6.36 Å². The van der Waals surface area contributed by atoms with Gasteiger partial charge in [-0.3, -0.25) is 4.40 Å². The van der Waals surface area contributed by atoms with Crippen molar-refractivity contribution in [2.45, 2.75) is 50.6 Å². The van der Waals surface area contributed by atoms with E-state index in [2.05, 4.69) is 20.3 Å². The molecule has 0 spiro atoms. The molecular formula is C20H21F3N4O2. The first-order valence-electron chi connectivity index (χ1n) is 9.38. The number of ether oxygens (including phenoxy) is 1. The average Bonchev–Trinajstić information content (AvgIpc) is 3.05. The highest BCUT2D eigenvalue weighted by molar-refractivity contribution is 5.63. The summed E-state index contributed by atoms with van der Waals surface area (Å²) in [5.74, 6) is 0.109. The van der Waals surface area contributed by atoms with Crippen LogP contribution in [0.2, 0.25) is 0 Å². The molecule has 2 aromatic heterocycles. The number of aromatic nitrogens is 3. The molecule has 154 valence electrons. The third-order valence-electron chi connectivity index (χ3n) is 5.16. The lowest BCUT2D eigenvalue weighted by atomic mass is 9.83. The summed E-state index contributed by atoms with van der Waals surface area (Å²) < 4.78 is 43.3. The van der Waals surface area contributed by atoms with Crippen molar-refractivity contribution in [1.82, 2.24) is 14.6 Å². The summed E-state index contributed by atoms with van der Waals surface area (Å²) in [6, 6.07) is 9.60. The Labute approximate surface area is 165 Å². The number of nitrogens with zero attached hydrogens (tertiary/aromatic N) is 3. The number of hydrogen-bond donors (Lipinski definition) is 2. The van der Waals surface area contributed by atoms with E-state index < -0.39 is 12.0 Å². The van der Waals surface area contributed by atoms with Crippen molar-refractivity contribution >= 4 is 11.3 Å². The highest BCUT2D eigenvalue weighted by Crippen LogP contribution is 2.31. The monoisotopic (exact) mass is 406 g/mol. The van der Waals surface area contributed by atoms with Gasteiger partial charge in [0.25, 0.3) is 0 Å². The number of halogens is 3. The fourth-order valence-corrected chi connectivity index (χ4v) is 3.63. The predicted octanol–water partition coefficient (Wildman–Crippen LogP) is 4.40. The van der Waals surface area contributed by atoms with Gasteiger partial charge in [0.15, 0.2) is 11.5 Å². The SMILES string of the molecule is CC1(O)CCC(Nc2ccc3nnc(-c4cccc(OC(F)(F)F)c4)n3c2)CC1. The summed E-state index contributed by atoms with van der Waals surface area (Å²) in [6.45, 7) is 1.86. The van der Waals surface area contributed by atoms with Crippen LogP contribution in [0.3, 0.4) is 0 Å². The minimum atomic E-state index is -4.76. The fraction of sp³-hybridized carbons (Fsp3) is 0.400. The van der Waals surface area contributed by atoms with Crippen molar-refractivity contribution in [2.24, 2.45) is 0 Å². The molecule has 1 aliphatic rings. The Bertz CT molecular complexity index is 1010. The fourth-order valence-electron chi connectivity index (χ4n) is 3.63. The van der Waals surface area contributed by atoms with Crippen molar-refractivity contribution < 1.29 is 23.0 Å². The first-order chi connectivity index (χ1) is 13.7. The predicted molar refractivity (Wildman–Crippen MR) is 102 cm³/mol. The maximum atomic E-state index is 12.5. The number of alkyl halides is 3. The summed E-state index contributed by atoms with van der Waals surface area (Å²) in [6.07, 6.45) is 0.253. The second-order valence-electron chi connectivity index (χ2n) is 7.66. The molecule has 0 amide bonds. The van der Waals surface area contributed by atoms with Crippen LogP contribution < -0.4 is 10.1 Å². The van der Waals surface area contributed by atoms with E-state index >= 15 is 0 Å². The summed E-state index contributed by atoms with van der Waals surface area (Å²) in [7, 11) is 0. The summed E-state index contributed by atoms with van der Waals surface area (Å²) in [5, 5.41) is 21.8. The van der Waals surface area contributed by atoms with Gasteiger partial charge in [0.1, 0.15) is 5.75 Å². The van der Waals surface area contributed by atoms with E-state index in [1.807, 2.05) is 19.2 Å². The molecule has 0 atom stereocenters. The molecule has 0 aliphatic heterocycles. The van der Waals surface area contributed by atoms with Crippen LogP contribution in [0.1, 0.15) is 32.6 Å². The summed E-state index contributed by atoms with van der Waals surface area (Å²) in [5.41, 5.74) is 1.30. The van der Waals surface area contributed by atoms with Crippen LogP contribution in [0.25, 0.3) is 17.0 Å². The van der Waals surface area contributed by atoms with Gasteiger partial charge in [-0.05, 0) is 56.9 Å². The third kappa shape index (κ3) is 4.61. The zero-order valence-corrected chi connectivity index (χ0v) is 15.8. The molecule has 2 N–H and O–H groups in total. The Hall–Kier alpha value is -2.81. The van der Waals surface area contributed by atoms with E-state index in [0.717, 1.165) is 31.4 Å². The molecule has 1 saturated carbocycles. The van der Waals surface area contributed by atoms with Gasteiger partial charge in [-0.25, -0.2) is 0 Å². The number of fused-ring (bicyclic) bond motifs is 1. The topological polar surface area (TPSA) is 71.7 Å². The lowest BCUT2D eigenvalue weighted by Gasteiger charge is -2.33. The van der Waals surface area contributed by atoms with Gasteiger partial charge in [-0.2, -0.15) is 0 Å². The van der Waals surface area contributed by atoms with E-state index in [1.165, 1.54) is 18.2 Å². The van der Waals surface area contributed by atoms with Crippen molar-refractivity contribution in [3.63, 3.8) is 0 Å². The van der Waals surface area contributed by atoms with Crippen molar-refractivity contribution in [3.8, 4) is 17.1 Å². The van der Waals surface area contributed by atoms with Gasteiger partial charge in [0, 0.05) is 17.8 Å². The highest BCUT2D eigenvalue weighted by Gasteiger charge is 2.31. The maximum absolute atomic E-state index is 12.5. The first kappa shape index (κ1) is 19.5. The highest BCUT2D eigenvalue weighted by atomic mass is 19.4. The van der Waals surface area contributed by atoms with Gasteiger partial charge in [-0.1, -0.05) is 12.1 Å². The molecule has 2 heterocycles. The van der Waals surface area contributed by atoms with E-state index in [4.69, 9.17) is 0 Å². The number of aliphatic hydroxyl groups is 1. The molecular weight excluding hydrogens is 385 g/mol. The lowest BCUT2D eigenvalue weighted by Crippen LogP contribution is -2.35. The molecule has 0 bridgehead atoms. The molecule has 0 unspecified atom stereocenters. The normalized spacial score (nSPS) is 22.6. The van der Waals surface area contributed by atoms with Gasteiger partial charge < -0.3 is 15.2 Å². The Kier molecular flexibility index (Phi) is 4.85.